The molecule has 0 fully saturated rings. The number of hydrogen-bond donors (Lipinski definition) is 0. The zero-order valence-corrected chi connectivity index (χ0v) is 12.8. The highest BCUT2D eigenvalue weighted by Gasteiger charge is 2.08. The topological polar surface area (TPSA) is 35.5 Å². The third-order valence-corrected chi connectivity index (χ3v) is 3.53. The second-order valence-electron chi connectivity index (χ2n) is 4.67. The van der Waals surface area contributed by atoms with Crippen LogP contribution in [0.4, 0.5) is 0 Å². The van der Waals surface area contributed by atoms with Crippen LogP contribution in [0.15, 0.2) is 42.5 Å². The van der Waals surface area contributed by atoms with Gasteiger partial charge in [-0.25, -0.2) is 0 Å². The van der Waals surface area contributed by atoms with Crippen molar-refractivity contribution >= 4 is 17.4 Å². The van der Waals surface area contributed by atoms with Crippen LogP contribution in [-0.4, -0.2) is 12.9 Å². The predicted octanol–water partition coefficient (Wildman–Crippen LogP) is 4.27. The Hall–Kier alpha value is -1.84. The molecule has 2 aromatic carbocycles. The van der Waals surface area contributed by atoms with Gasteiger partial charge in [-0.05, 0) is 36.8 Å². The summed E-state index contributed by atoms with van der Waals surface area (Å²) in [6.45, 7) is 2.30. The number of Topliss-reactive ketones (excluding diaryl/α,β-unsaturated/α-hetero) is 1. The van der Waals surface area contributed by atoms with Gasteiger partial charge < -0.3 is 9.47 Å². The first-order chi connectivity index (χ1) is 10.1. The van der Waals surface area contributed by atoms with Crippen LogP contribution in [0, 0.1) is 0 Å². The Bertz CT molecular complexity index is 638. The van der Waals surface area contributed by atoms with Gasteiger partial charge in [-0.1, -0.05) is 29.8 Å². The van der Waals surface area contributed by atoms with Gasteiger partial charge in [0.05, 0.1) is 20.3 Å². The van der Waals surface area contributed by atoms with Crippen molar-refractivity contribution in [2.24, 2.45) is 0 Å². The number of carbonyl (C=O) groups excluding carboxylic acids is 1. The average molecular weight is 305 g/mol. The SMILES string of the molecule is COc1ccc(C(C)=O)cc1COCc1ccccc1Cl. The van der Waals surface area contributed by atoms with Crippen LogP contribution in [0.25, 0.3) is 0 Å². The third-order valence-electron chi connectivity index (χ3n) is 3.16. The van der Waals surface area contributed by atoms with Gasteiger partial charge in [0.2, 0.25) is 0 Å². The van der Waals surface area contributed by atoms with Crippen LogP contribution in [0.2, 0.25) is 5.02 Å². The standard InChI is InChI=1S/C17H17ClO3/c1-12(19)13-7-8-17(20-2)15(9-13)11-21-10-14-5-3-4-6-16(14)18/h3-9H,10-11H2,1-2H3. The van der Waals surface area contributed by atoms with Crippen molar-refractivity contribution in [2.75, 3.05) is 7.11 Å². The molecular formula is C17H17ClO3. The summed E-state index contributed by atoms with van der Waals surface area (Å²) in [6.07, 6.45) is 0. The summed E-state index contributed by atoms with van der Waals surface area (Å²) in [4.78, 5) is 11.4. The maximum absolute atomic E-state index is 11.4. The number of carbonyl (C=O) groups is 1. The van der Waals surface area contributed by atoms with E-state index < -0.39 is 0 Å². The Morgan fingerprint density at radius 2 is 1.81 bits per heavy atom. The number of hydrogen-bond acceptors (Lipinski definition) is 3. The minimum Gasteiger partial charge on any atom is -0.496 e. The van der Waals surface area contributed by atoms with Crippen molar-refractivity contribution < 1.29 is 14.3 Å². The molecule has 3 nitrogen and oxygen atoms in total. The number of benzene rings is 2. The Balaban J connectivity index is 2.07. The molecule has 0 aliphatic heterocycles. The van der Waals surface area contributed by atoms with Crippen molar-refractivity contribution in [3.8, 4) is 5.75 Å². The molecule has 0 heterocycles. The first kappa shape index (κ1) is 15.5. The van der Waals surface area contributed by atoms with Crippen LogP contribution in [0.5, 0.6) is 5.75 Å². The van der Waals surface area contributed by atoms with Gasteiger partial charge >= 0.3 is 0 Å². The molecule has 4 heteroatoms. The number of ketones is 1. The molecule has 0 aliphatic carbocycles. The van der Waals surface area contributed by atoms with Crippen molar-refractivity contribution in [3.63, 3.8) is 0 Å². The monoisotopic (exact) mass is 304 g/mol. The van der Waals surface area contributed by atoms with E-state index in [1.807, 2.05) is 24.3 Å². The zero-order chi connectivity index (χ0) is 15.2. The lowest BCUT2D eigenvalue weighted by molar-refractivity contribution is 0.101. The molecule has 0 atom stereocenters. The van der Waals surface area contributed by atoms with Gasteiger partial charge in [-0.15, -0.1) is 0 Å². The molecule has 0 aliphatic rings. The highest BCUT2D eigenvalue weighted by atomic mass is 35.5. The minimum absolute atomic E-state index is 0.0185. The summed E-state index contributed by atoms with van der Waals surface area (Å²) in [5.74, 6) is 0.726. The smallest absolute Gasteiger partial charge is 0.159 e. The molecule has 110 valence electrons. The average Bonchev–Trinajstić information content (AvgIpc) is 2.49. The summed E-state index contributed by atoms with van der Waals surface area (Å²) in [7, 11) is 1.60. The number of rotatable bonds is 6. The van der Waals surface area contributed by atoms with Crippen LogP contribution < -0.4 is 4.74 Å². The molecule has 0 saturated carbocycles. The quantitative estimate of drug-likeness (QED) is 0.748. The van der Waals surface area contributed by atoms with Gasteiger partial charge in [0, 0.05) is 16.1 Å². The molecule has 0 aromatic heterocycles. The Morgan fingerprint density at radius 3 is 2.48 bits per heavy atom. The van der Waals surface area contributed by atoms with E-state index in [9.17, 15) is 4.79 Å². The van der Waals surface area contributed by atoms with E-state index in [0.29, 0.717) is 29.5 Å². The van der Waals surface area contributed by atoms with E-state index in [1.54, 1.807) is 25.3 Å². The summed E-state index contributed by atoms with van der Waals surface area (Å²) < 4.78 is 11.0. The van der Waals surface area contributed by atoms with E-state index >= 15 is 0 Å². The summed E-state index contributed by atoms with van der Waals surface area (Å²) >= 11 is 6.08. The van der Waals surface area contributed by atoms with E-state index in [4.69, 9.17) is 21.1 Å². The minimum atomic E-state index is 0.0185. The first-order valence-electron chi connectivity index (χ1n) is 6.61. The third kappa shape index (κ3) is 4.06. The van der Waals surface area contributed by atoms with Gasteiger partial charge in [-0.3, -0.25) is 4.79 Å². The molecule has 0 radical (unpaired) electrons. The molecule has 2 aromatic rings. The van der Waals surface area contributed by atoms with E-state index in [0.717, 1.165) is 11.1 Å². The van der Waals surface area contributed by atoms with Crippen LogP contribution >= 0.6 is 11.6 Å². The molecule has 2 rings (SSSR count). The van der Waals surface area contributed by atoms with E-state index in [1.165, 1.54) is 6.92 Å². The highest BCUT2D eigenvalue weighted by Crippen LogP contribution is 2.22. The van der Waals surface area contributed by atoms with Crippen molar-refractivity contribution in [3.05, 3.63) is 64.2 Å². The molecule has 0 N–H and O–H groups in total. The second-order valence-corrected chi connectivity index (χ2v) is 5.07. The lowest BCUT2D eigenvalue weighted by Gasteiger charge is -2.11. The van der Waals surface area contributed by atoms with E-state index in [2.05, 4.69) is 0 Å². The highest BCUT2D eigenvalue weighted by molar-refractivity contribution is 6.31. The number of ether oxygens (including phenoxy) is 2. The fourth-order valence-electron chi connectivity index (χ4n) is 2.00. The molecule has 0 unspecified atom stereocenters. The van der Waals surface area contributed by atoms with Crippen molar-refractivity contribution in [2.45, 2.75) is 20.1 Å². The molecule has 0 spiro atoms. The lowest BCUT2D eigenvalue weighted by atomic mass is 10.1. The zero-order valence-electron chi connectivity index (χ0n) is 12.1. The summed E-state index contributed by atoms with van der Waals surface area (Å²) in [5, 5.41) is 0.682. The molecular weight excluding hydrogens is 288 g/mol. The molecule has 0 amide bonds. The van der Waals surface area contributed by atoms with Gasteiger partial charge in [-0.2, -0.15) is 0 Å². The number of halogens is 1. The van der Waals surface area contributed by atoms with Crippen LogP contribution in [-0.2, 0) is 18.0 Å². The normalized spacial score (nSPS) is 10.4. The Labute approximate surface area is 129 Å². The summed E-state index contributed by atoms with van der Waals surface area (Å²) in [6, 6.07) is 12.9. The predicted molar refractivity (Wildman–Crippen MR) is 82.9 cm³/mol. The van der Waals surface area contributed by atoms with Gasteiger partial charge in [0.1, 0.15) is 5.75 Å². The molecule has 0 saturated heterocycles. The Kier molecular flexibility index (Phi) is 5.37. The maximum atomic E-state index is 11.4. The van der Waals surface area contributed by atoms with Gasteiger partial charge in [0.15, 0.2) is 5.78 Å². The lowest BCUT2D eigenvalue weighted by Crippen LogP contribution is -2.00. The van der Waals surface area contributed by atoms with Crippen LogP contribution in [0.1, 0.15) is 28.4 Å². The van der Waals surface area contributed by atoms with Crippen LogP contribution in [0.3, 0.4) is 0 Å². The second kappa shape index (κ2) is 7.25. The van der Waals surface area contributed by atoms with Crippen molar-refractivity contribution in [1.82, 2.24) is 0 Å². The fraction of sp³-hybridized carbons (Fsp3) is 0.235. The molecule has 0 bridgehead atoms. The molecule has 21 heavy (non-hydrogen) atoms. The summed E-state index contributed by atoms with van der Waals surface area (Å²) in [5.41, 5.74) is 2.42. The first-order valence-corrected chi connectivity index (χ1v) is 6.98. The fourth-order valence-corrected chi connectivity index (χ4v) is 2.19. The van der Waals surface area contributed by atoms with Gasteiger partial charge in [0.25, 0.3) is 0 Å². The largest absolute Gasteiger partial charge is 0.496 e. The Morgan fingerprint density at radius 1 is 1.10 bits per heavy atom. The number of methoxy groups -OCH3 is 1. The van der Waals surface area contributed by atoms with Crippen molar-refractivity contribution in [1.29, 1.82) is 0 Å². The maximum Gasteiger partial charge on any atom is 0.159 e. The van der Waals surface area contributed by atoms with E-state index in [-0.39, 0.29) is 5.78 Å².